The summed E-state index contributed by atoms with van der Waals surface area (Å²) in [6.45, 7) is 3.80. The van der Waals surface area contributed by atoms with Gasteiger partial charge in [0, 0.05) is 36.6 Å². The average Bonchev–Trinajstić information content (AvgIpc) is 2.82. The van der Waals surface area contributed by atoms with E-state index in [0.717, 1.165) is 29.7 Å². The van der Waals surface area contributed by atoms with Crippen molar-refractivity contribution in [3.05, 3.63) is 95.1 Å². The third-order valence-corrected chi connectivity index (χ3v) is 5.69. The van der Waals surface area contributed by atoms with Crippen LogP contribution < -0.4 is 10.2 Å². The van der Waals surface area contributed by atoms with Crippen LogP contribution in [0, 0.1) is 6.92 Å². The Labute approximate surface area is 195 Å². The van der Waals surface area contributed by atoms with E-state index in [-0.39, 0.29) is 11.6 Å². The van der Waals surface area contributed by atoms with E-state index in [4.69, 9.17) is 0 Å². The summed E-state index contributed by atoms with van der Waals surface area (Å²) in [5, 5.41) is 2.60. The second kappa shape index (κ2) is 9.59. The van der Waals surface area contributed by atoms with Crippen LogP contribution in [0.15, 0.2) is 72.8 Å². The van der Waals surface area contributed by atoms with Gasteiger partial charge in [-0.1, -0.05) is 35.9 Å². The van der Waals surface area contributed by atoms with E-state index in [1.54, 1.807) is 34.1 Å². The first-order valence-electron chi connectivity index (χ1n) is 10.9. The molecule has 5 nitrogen and oxygen atoms in total. The van der Waals surface area contributed by atoms with Crippen LogP contribution in [-0.4, -0.2) is 29.9 Å². The first kappa shape index (κ1) is 23.4. The fraction of sp³-hybridized carbons (Fsp3) is 0.231. The molecule has 0 unspecified atom stereocenters. The van der Waals surface area contributed by atoms with Crippen LogP contribution >= 0.6 is 0 Å². The molecule has 176 valence electrons. The molecule has 1 aliphatic rings. The maximum absolute atomic E-state index is 13.0. The number of nitrogens with zero attached hydrogens (tertiary/aromatic N) is 2. The number of nitrogens with one attached hydrogen (secondary N) is 1. The Balaban J connectivity index is 1.42. The molecule has 1 aliphatic heterocycles. The van der Waals surface area contributed by atoms with Crippen LogP contribution in [0.2, 0.25) is 0 Å². The molecule has 4 rings (SSSR count). The van der Waals surface area contributed by atoms with E-state index in [2.05, 4.69) is 5.32 Å². The molecule has 0 radical (unpaired) electrons. The van der Waals surface area contributed by atoms with Crippen LogP contribution in [0.25, 0.3) is 0 Å². The normalized spacial score (nSPS) is 14.3. The third kappa shape index (κ3) is 5.39. The molecule has 3 aromatic rings. The van der Waals surface area contributed by atoms with Crippen molar-refractivity contribution in [1.82, 2.24) is 4.90 Å². The maximum Gasteiger partial charge on any atom is 0.416 e. The van der Waals surface area contributed by atoms with E-state index in [1.165, 1.54) is 12.1 Å². The summed E-state index contributed by atoms with van der Waals surface area (Å²) in [5.74, 6) is -0.642. The van der Waals surface area contributed by atoms with Gasteiger partial charge in [0.05, 0.1) is 5.56 Å². The Hall–Kier alpha value is -3.81. The summed E-state index contributed by atoms with van der Waals surface area (Å²) in [6.07, 6.45) is -3.70. The minimum absolute atomic E-state index is 0.0862. The Morgan fingerprint density at radius 3 is 2.35 bits per heavy atom. The number of carbonyl (C=O) groups is 2. The molecular weight excluding hydrogens is 443 g/mol. The van der Waals surface area contributed by atoms with Crippen molar-refractivity contribution < 1.29 is 22.8 Å². The maximum atomic E-state index is 13.0. The number of aryl methyl sites for hydroxylation is 1. The highest BCUT2D eigenvalue weighted by Gasteiger charge is 2.31. The smallest absolute Gasteiger partial charge is 0.322 e. The highest BCUT2D eigenvalue weighted by molar-refractivity contribution is 6.04. The molecule has 3 amide bonds. The summed E-state index contributed by atoms with van der Waals surface area (Å²) in [4.78, 5) is 29.0. The van der Waals surface area contributed by atoms with Gasteiger partial charge in [-0.3, -0.25) is 9.69 Å². The number of halogens is 3. The highest BCUT2D eigenvalue weighted by atomic mass is 19.4. The van der Waals surface area contributed by atoms with Crippen LogP contribution in [0.5, 0.6) is 0 Å². The van der Waals surface area contributed by atoms with Gasteiger partial charge in [0.15, 0.2) is 0 Å². The fourth-order valence-corrected chi connectivity index (χ4v) is 3.85. The molecule has 0 spiro atoms. The number of hydrogen-bond donors (Lipinski definition) is 1. The van der Waals surface area contributed by atoms with Gasteiger partial charge in [-0.25, -0.2) is 4.79 Å². The number of amides is 3. The first-order chi connectivity index (χ1) is 16.2. The van der Waals surface area contributed by atoms with Crippen molar-refractivity contribution in [1.29, 1.82) is 0 Å². The summed E-state index contributed by atoms with van der Waals surface area (Å²) < 4.78 is 38.7. The Bertz CT molecular complexity index is 1180. The molecule has 34 heavy (non-hydrogen) atoms. The molecule has 3 aromatic carbocycles. The van der Waals surface area contributed by atoms with Gasteiger partial charge in [-0.05, 0) is 61.4 Å². The molecule has 0 atom stereocenters. The van der Waals surface area contributed by atoms with Gasteiger partial charge >= 0.3 is 12.2 Å². The summed E-state index contributed by atoms with van der Waals surface area (Å²) in [7, 11) is 0. The fourth-order valence-electron chi connectivity index (χ4n) is 3.85. The van der Waals surface area contributed by atoms with Crippen molar-refractivity contribution in [3.8, 4) is 0 Å². The van der Waals surface area contributed by atoms with Crippen molar-refractivity contribution in [2.75, 3.05) is 23.3 Å². The molecule has 1 saturated heterocycles. The number of rotatable bonds is 5. The Morgan fingerprint density at radius 1 is 0.971 bits per heavy atom. The van der Waals surface area contributed by atoms with Crippen LogP contribution in [-0.2, 0) is 12.7 Å². The molecule has 1 heterocycles. The SMILES string of the molecule is Cc1ccc(CN2CCCN(c3ccc(NC(=O)c4cccc(C(F)(F)F)c4)cc3)C2=O)cc1. The summed E-state index contributed by atoms with van der Waals surface area (Å²) in [5.41, 5.74) is 2.37. The molecule has 0 saturated carbocycles. The average molecular weight is 467 g/mol. The van der Waals surface area contributed by atoms with E-state index in [1.807, 2.05) is 31.2 Å². The van der Waals surface area contributed by atoms with Gasteiger partial charge in [-0.15, -0.1) is 0 Å². The minimum Gasteiger partial charge on any atom is -0.322 e. The van der Waals surface area contributed by atoms with Crippen molar-refractivity contribution in [2.24, 2.45) is 0 Å². The molecule has 0 bridgehead atoms. The largest absolute Gasteiger partial charge is 0.416 e. The third-order valence-electron chi connectivity index (χ3n) is 5.69. The molecular formula is C26H24F3N3O2. The second-order valence-electron chi connectivity index (χ2n) is 8.27. The van der Waals surface area contributed by atoms with Gasteiger partial charge in [0.25, 0.3) is 5.91 Å². The molecule has 1 fully saturated rings. The molecule has 0 aromatic heterocycles. The van der Waals surface area contributed by atoms with E-state index in [9.17, 15) is 22.8 Å². The predicted octanol–water partition coefficient (Wildman–Crippen LogP) is 6.10. The van der Waals surface area contributed by atoms with Crippen LogP contribution in [0.4, 0.5) is 29.3 Å². The quantitative estimate of drug-likeness (QED) is 0.493. The number of benzene rings is 3. The van der Waals surface area contributed by atoms with Gasteiger partial charge in [0.2, 0.25) is 0 Å². The van der Waals surface area contributed by atoms with Crippen molar-refractivity contribution >= 4 is 23.3 Å². The zero-order valence-corrected chi connectivity index (χ0v) is 18.6. The first-order valence-corrected chi connectivity index (χ1v) is 10.9. The lowest BCUT2D eigenvalue weighted by atomic mass is 10.1. The van der Waals surface area contributed by atoms with Crippen LogP contribution in [0.1, 0.15) is 33.5 Å². The lowest BCUT2D eigenvalue weighted by Gasteiger charge is -2.35. The van der Waals surface area contributed by atoms with Crippen molar-refractivity contribution in [3.63, 3.8) is 0 Å². The standard InChI is InChI=1S/C26H24F3N3O2/c1-18-6-8-19(9-7-18)17-31-14-3-15-32(25(31)34)23-12-10-22(11-13-23)30-24(33)20-4-2-5-21(16-20)26(27,28)29/h2,4-13,16H,3,14-15,17H2,1H3,(H,30,33). The summed E-state index contributed by atoms with van der Waals surface area (Å²) in [6, 6.07) is 19.0. The topological polar surface area (TPSA) is 52.6 Å². The van der Waals surface area contributed by atoms with Crippen molar-refractivity contribution in [2.45, 2.75) is 26.1 Å². The highest BCUT2D eigenvalue weighted by Crippen LogP contribution is 2.30. The lowest BCUT2D eigenvalue weighted by Crippen LogP contribution is -2.49. The summed E-state index contributed by atoms with van der Waals surface area (Å²) >= 11 is 0. The number of alkyl halides is 3. The van der Waals surface area contributed by atoms with E-state index < -0.39 is 17.6 Å². The van der Waals surface area contributed by atoms with E-state index >= 15 is 0 Å². The monoisotopic (exact) mass is 467 g/mol. The minimum atomic E-state index is -4.52. The van der Waals surface area contributed by atoms with Gasteiger partial charge < -0.3 is 10.2 Å². The lowest BCUT2D eigenvalue weighted by molar-refractivity contribution is -0.137. The zero-order valence-electron chi connectivity index (χ0n) is 18.6. The number of anilines is 2. The van der Waals surface area contributed by atoms with Gasteiger partial charge in [0.1, 0.15) is 0 Å². The number of carbonyl (C=O) groups excluding carboxylic acids is 2. The molecule has 0 aliphatic carbocycles. The number of hydrogen-bond acceptors (Lipinski definition) is 2. The Morgan fingerprint density at radius 2 is 1.68 bits per heavy atom. The number of urea groups is 1. The second-order valence-corrected chi connectivity index (χ2v) is 8.27. The van der Waals surface area contributed by atoms with E-state index in [0.29, 0.717) is 31.0 Å². The molecule has 8 heteroatoms. The Kier molecular flexibility index (Phi) is 6.58. The van der Waals surface area contributed by atoms with Crippen LogP contribution in [0.3, 0.4) is 0 Å². The predicted molar refractivity (Wildman–Crippen MR) is 125 cm³/mol. The van der Waals surface area contributed by atoms with Gasteiger partial charge in [-0.2, -0.15) is 13.2 Å². The zero-order chi connectivity index (χ0) is 24.3. The molecule has 1 N–H and O–H groups in total.